The van der Waals surface area contributed by atoms with E-state index < -0.39 is 0 Å². The molecular formula is C20H22Cl2N6O. The first-order chi connectivity index (χ1) is 13.2. The Balaban J connectivity index is 0.00000150. The van der Waals surface area contributed by atoms with Crippen molar-refractivity contribution in [2.24, 2.45) is 5.73 Å². The maximum atomic E-state index is 5.69. The minimum atomic E-state index is 0. The zero-order valence-electron chi connectivity index (χ0n) is 15.9. The van der Waals surface area contributed by atoms with Gasteiger partial charge in [0.05, 0.1) is 12.1 Å². The van der Waals surface area contributed by atoms with Crippen LogP contribution in [0.5, 0.6) is 0 Å². The quantitative estimate of drug-likeness (QED) is 0.496. The Morgan fingerprint density at radius 3 is 2.55 bits per heavy atom. The SMILES string of the molecule is CN(Cc1cc(-c2ccncc2)no1)c1nc(CCN)nc2ccccc12.Cl.Cl. The minimum absolute atomic E-state index is 0. The van der Waals surface area contributed by atoms with Crippen LogP contribution in [0.4, 0.5) is 5.82 Å². The number of benzene rings is 1. The fraction of sp³-hybridized carbons (Fsp3) is 0.200. The van der Waals surface area contributed by atoms with Gasteiger partial charge < -0.3 is 15.2 Å². The number of hydrogen-bond donors (Lipinski definition) is 1. The molecule has 0 unspecified atom stereocenters. The van der Waals surface area contributed by atoms with Crippen molar-refractivity contribution >= 4 is 41.5 Å². The third kappa shape index (κ3) is 5.00. The first-order valence-electron chi connectivity index (χ1n) is 8.77. The van der Waals surface area contributed by atoms with Crippen LogP contribution in [0.1, 0.15) is 11.6 Å². The molecule has 4 aromatic rings. The second-order valence-corrected chi connectivity index (χ2v) is 6.29. The Bertz CT molecular complexity index is 1060. The highest BCUT2D eigenvalue weighted by Crippen LogP contribution is 2.25. The summed E-state index contributed by atoms with van der Waals surface area (Å²) >= 11 is 0. The Morgan fingerprint density at radius 2 is 1.79 bits per heavy atom. The molecule has 0 amide bonds. The van der Waals surface area contributed by atoms with E-state index in [1.165, 1.54) is 0 Å². The zero-order valence-corrected chi connectivity index (χ0v) is 17.5. The third-order valence-corrected chi connectivity index (χ3v) is 4.29. The van der Waals surface area contributed by atoms with Crippen molar-refractivity contribution in [3.8, 4) is 11.3 Å². The molecule has 3 aromatic heterocycles. The van der Waals surface area contributed by atoms with Crippen molar-refractivity contribution in [2.45, 2.75) is 13.0 Å². The Morgan fingerprint density at radius 1 is 1.03 bits per heavy atom. The van der Waals surface area contributed by atoms with Gasteiger partial charge in [-0.2, -0.15) is 0 Å². The van der Waals surface area contributed by atoms with Gasteiger partial charge in [0.1, 0.15) is 17.3 Å². The molecule has 0 atom stereocenters. The van der Waals surface area contributed by atoms with Gasteiger partial charge in [-0.15, -0.1) is 24.8 Å². The van der Waals surface area contributed by atoms with E-state index in [1.807, 2.05) is 54.4 Å². The number of hydrogen-bond acceptors (Lipinski definition) is 7. The number of halogens is 2. The van der Waals surface area contributed by atoms with E-state index >= 15 is 0 Å². The summed E-state index contributed by atoms with van der Waals surface area (Å²) in [6, 6.07) is 13.7. The smallest absolute Gasteiger partial charge is 0.156 e. The van der Waals surface area contributed by atoms with E-state index in [1.54, 1.807) is 12.4 Å². The molecule has 1 aromatic carbocycles. The highest BCUT2D eigenvalue weighted by Gasteiger charge is 2.14. The summed E-state index contributed by atoms with van der Waals surface area (Å²) in [7, 11) is 1.98. The lowest BCUT2D eigenvalue weighted by Gasteiger charge is -2.19. The van der Waals surface area contributed by atoms with Crippen LogP contribution in [-0.2, 0) is 13.0 Å². The van der Waals surface area contributed by atoms with Crippen molar-refractivity contribution in [2.75, 3.05) is 18.5 Å². The Hall–Kier alpha value is -2.74. The highest BCUT2D eigenvalue weighted by atomic mass is 35.5. The number of para-hydroxylation sites is 1. The molecule has 0 radical (unpaired) electrons. The Kier molecular flexibility index (Phi) is 7.90. The van der Waals surface area contributed by atoms with Gasteiger partial charge in [-0.25, -0.2) is 9.97 Å². The van der Waals surface area contributed by atoms with E-state index in [0.29, 0.717) is 19.5 Å². The lowest BCUT2D eigenvalue weighted by molar-refractivity contribution is 0.385. The van der Waals surface area contributed by atoms with Crippen molar-refractivity contribution in [1.82, 2.24) is 20.1 Å². The van der Waals surface area contributed by atoms with E-state index in [0.717, 1.165) is 39.6 Å². The van der Waals surface area contributed by atoms with Gasteiger partial charge in [-0.05, 0) is 30.8 Å². The molecule has 0 aliphatic heterocycles. The topological polar surface area (TPSA) is 94.0 Å². The average molecular weight is 433 g/mol. The summed E-state index contributed by atoms with van der Waals surface area (Å²) in [4.78, 5) is 15.4. The Labute approximate surface area is 181 Å². The van der Waals surface area contributed by atoms with Crippen molar-refractivity contribution in [3.05, 3.63) is 66.4 Å². The molecule has 0 saturated heterocycles. The van der Waals surface area contributed by atoms with Gasteiger partial charge in [0, 0.05) is 42.9 Å². The van der Waals surface area contributed by atoms with Crippen LogP contribution in [0.25, 0.3) is 22.2 Å². The average Bonchev–Trinajstić information content (AvgIpc) is 3.17. The van der Waals surface area contributed by atoms with Crippen LogP contribution in [0.3, 0.4) is 0 Å². The molecule has 9 heteroatoms. The fourth-order valence-electron chi connectivity index (χ4n) is 2.99. The predicted molar refractivity (Wildman–Crippen MR) is 119 cm³/mol. The van der Waals surface area contributed by atoms with Gasteiger partial charge in [0.15, 0.2) is 5.76 Å². The number of anilines is 1. The maximum absolute atomic E-state index is 5.69. The molecule has 0 aliphatic rings. The zero-order chi connectivity index (χ0) is 18.6. The summed E-state index contributed by atoms with van der Waals surface area (Å²) in [6.45, 7) is 1.06. The first kappa shape index (κ1) is 22.5. The molecule has 2 N–H and O–H groups in total. The molecule has 3 heterocycles. The molecule has 0 bridgehead atoms. The molecule has 0 saturated carbocycles. The second-order valence-electron chi connectivity index (χ2n) is 6.29. The van der Waals surface area contributed by atoms with Crippen LogP contribution < -0.4 is 10.6 Å². The number of nitrogens with zero attached hydrogens (tertiary/aromatic N) is 5. The largest absolute Gasteiger partial charge is 0.359 e. The van der Waals surface area contributed by atoms with Crippen LogP contribution in [0.15, 0.2) is 59.4 Å². The number of rotatable bonds is 6. The van der Waals surface area contributed by atoms with Gasteiger partial charge >= 0.3 is 0 Å². The maximum Gasteiger partial charge on any atom is 0.156 e. The molecule has 0 spiro atoms. The lowest BCUT2D eigenvalue weighted by Crippen LogP contribution is -2.19. The summed E-state index contributed by atoms with van der Waals surface area (Å²) in [5.41, 5.74) is 8.36. The summed E-state index contributed by atoms with van der Waals surface area (Å²) in [5, 5.41) is 5.16. The minimum Gasteiger partial charge on any atom is -0.359 e. The van der Waals surface area contributed by atoms with E-state index in [2.05, 4.69) is 15.1 Å². The first-order valence-corrected chi connectivity index (χ1v) is 8.77. The molecular weight excluding hydrogens is 411 g/mol. The number of aromatic nitrogens is 4. The van der Waals surface area contributed by atoms with E-state index in [-0.39, 0.29) is 24.8 Å². The standard InChI is InChI=1S/C20H20N6O.2ClH/c1-26(13-15-12-18(25-27-15)14-7-10-22-11-8-14)20-16-4-2-3-5-17(16)23-19(24-20)6-9-21;;/h2-5,7-8,10-12H,6,9,13,21H2,1H3;2*1H. The predicted octanol–water partition coefficient (Wildman–Crippen LogP) is 3.66. The van der Waals surface area contributed by atoms with Crippen molar-refractivity contribution < 1.29 is 4.52 Å². The molecule has 4 rings (SSSR count). The molecule has 152 valence electrons. The highest BCUT2D eigenvalue weighted by molar-refractivity contribution is 5.89. The summed E-state index contributed by atoms with van der Waals surface area (Å²) in [6.07, 6.45) is 4.11. The van der Waals surface area contributed by atoms with Gasteiger partial charge in [-0.1, -0.05) is 17.3 Å². The lowest BCUT2D eigenvalue weighted by atomic mass is 10.2. The molecule has 7 nitrogen and oxygen atoms in total. The van der Waals surface area contributed by atoms with Gasteiger partial charge in [0.25, 0.3) is 0 Å². The van der Waals surface area contributed by atoms with Crippen LogP contribution in [0, 0.1) is 0 Å². The molecule has 0 aliphatic carbocycles. The molecule has 29 heavy (non-hydrogen) atoms. The third-order valence-electron chi connectivity index (χ3n) is 4.29. The second kappa shape index (κ2) is 10.2. The molecule has 0 fully saturated rings. The normalized spacial score (nSPS) is 10.3. The van der Waals surface area contributed by atoms with E-state index in [9.17, 15) is 0 Å². The summed E-state index contributed by atoms with van der Waals surface area (Å²) in [5.74, 6) is 2.35. The van der Waals surface area contributed by atoms with Crippen LogP contribution in [0.2, 0.25) is 0 Å². The van der Waals surface area contributed by atoms with Crippen LogP contribution in [-0.4, -0.2) is 33.7 Å². The number of fused-ring (bicyclic) bond motifs is 1. The van der Waals surface area contributed by atoms with E-state index in [4.69, 9.17) is 15.2 Å². The van der Waals surface area contributed by atoms with Crippen LogP contribution >= 0.6 is 24.8 Å². The summed E-state index contributed by atoms with van der Waals surface area (Å²) < 4.78 is 5.53. The van der Waals surface area contributed by atoms with Gasteiger partial charge in [0.2, 0.25) is 0 Å². The van der Waals surface area contributed by atoms with Crippen molar-refractivity contribution in [1.29, 1.82) is 0 Å². The van der Waals surface area contributed by atoms with Gasteiger partial charge in [-0.3, -0.25) is 4.98 Å². The van der Waals surface area contributed by atoms with Crippen molar-refractivity contribution in [3.63, 3.8) is 0 Å². The monoisotopic (exact) mass is 432 g/mol. The number of nitrogens with two attached hydrogens (primary N) is 1. The number of pyridine rings is 1. The fourth-order valence-corrected chi connectivity index (χ4v) is 2.99.